The zero-order valence-electron chi connectivity index (χ0n) is 11.0. The Kier molecular flexibility index (Phi) is 8.90. The molecule has 0 bridgehead atoms. The quantitative estimate of drug-likeness (QED) is 0.672. The molecule has 4 heteroatoms. The summed E-state index contributed by atoms with van der Waals surface area (Å²) in [6.07, 6.45) is 2.27. The van der Waals surface area contributed by atoms with Crippen LogP contribution in [-0.2, 0) is 4.74 Å². The highest BCUT2D eigenvalue weighted by Crippen LogP contribution is 2.17. The Hall–Kier alpha value is -0.580. The third-order valence-electron chi connectivity index (χ3n) is 2.44. The fraction of sp³-hybridized carbons (Fsp3) is 0.571. The predicted molar refractivity (Wildman–Crippen MR) is 78.2 cm³/mol. The lowest BCUT2D eigenvalue weighted by molar-refractivity contribution is 0.143. The number of hydrogen-bond acceptors (Lipinski definition) is 3. The van der Waals surface area contributed by atoms with Crippen LogP contribution in [0.3, 0.4) is 0 Å². The van der Waals surface area contributed by atoms with E-state index in [0.29, 0.717) is 6.61 Å². The number of ether oxygens (including phenoxy) is 2. The van der Waals surface area contributed by atoms with Gasteiger partial charge in [-0.25, -0.2) is 0 Å². The lowest BCUT2D eigenvalue weighted by Gasteiger charge is -2.07. The van der Waals surface area contributed by atoms with Crippen LogP contribution in [-0.4, -0.2) is 32.9 Å². The maximum atomic E-state index is 5.61. The van der Waals surface area contributed by atoms with Gasteiger partial charge in [-0.2, -0.15) is 0 Å². The molecule has 1 aromatic rings. The predicted octanol–water partition coefficient (Wildman–Crippen LogP) is 3.23. The summed E-state index contributed by atoms with van der Waals surface area (Å²) in [6.45, 7) is 6.30. The van der Waals surface area contributed by atoms with Crippen LogP contribution >= 0.6 is 15.9 Å². The Balaban J connectivity index is 1.92. The van der Waals surface area contributed by atoms with Gasteiger partial charge in [0.2, 0.25) is 0 Å². The van der Waals surface area contributed by atoms with E-state index < -0.39 is 0 Å². The molecule has 0 radical (unpaired) electrons. The van der Waals surface area contributed by atoms with Crippen molar-refractivity contribution in [1.29, 1.82) is 0 Å². The van der Waals surface area contributed by atoms with E-state index in [4.69, 9.17) is 9.47 Å². The van der Waals surface area contributed by atoms with Gasteiger partial charge in [-0.15, -0.1) is 0 Å². The third kappa shape index (κ3) is 7.69. The number of hydrogen-bond donors (Lipinski definition) is 1. The first-order valence-corrected chi connectivity index (χ1v) is 7.29. The highest BCUT2D eigenvalue weighted by atomic mass is 79.9. The second-order valence-electron chi connectivity index (χ2n) is 3.96. The van der Waals surface area contributed by atoms with Crippen LogP contribution in [0.2, 0.25) is 0 Å². The van der Waals surface area contributed by atoms with Gasteiger partial charge in [0, 0.05) is 24.2 Å². The zero-order chi connectivity index (χ0) is 13.1. The summed E-state index contributed by atoms with van der Waals surface area (Å²) < 4.78 is 11.9. The number of rotatable bonds is 10. The topological polar surface area (TPSA) is 30.5 Å². The summed E-state index contributed by atoms with van der Waals surface area (Å²) in [7, 11) is 0. The van der Waals surface area contributed by atoms with Crippen LogP contribution in [0.15, 0.2) is 28.7 Å². The number of halogens is 1. The minimum Gasteiger partial charge on any atom is -0.492 e. The van der Waals surface area contributed by atoms with E-state index in [2.05, 4.69) is 21.2 Å². The van der Waals surface area contributed by atoms with Gasteiger partial charge < -0.3 is 14.8 Å². The smallest absolute Gasteiger partial charge is 0.120 e. The molecule has 0 aliphatic rings. The lowest BCUT2D eigenvalue weighted by Crippen LogP contribution is -2.22. The summed E-state index contributed by atoms with van der Waals surface area (Å²) in [5.41, 5.74) is 0. The molecule has 0 saturated carbocycles. The highest BCUT2D eigenvalue weighted by Gasteiger charge is 1.94. The van der Waals surface area contributed by atoms with E-state index in [-0.39, 0.29) is 0 Å². The fourth-order valence-corrected chi connectivity index (χ4v) is 1.90. The standard InChI is InChI=1S/C14H22BrNO2/c1-2-17-10-4-3-8-16-9-11-18-14-7-5-6-13(15)12-14/h5-7,12,16H,2-4,8-11H2,1H3. The van der Waals surface area contributed by atoms with Gasteiger partial charge in [0.15, 0.2) is 0 Å². The number of benzene rings is 1. The Morgan fingerprint density at radius 2 is 2.06 bits per heavy atom. The summed E-state index contributed by atoms with van der Waals surface area (Å²) in [4.78, 5) is 0. The molecule has 3 nitrogen and oxygen atoms in total. The summed E-state index contributed by atoms with van der Waals surface area (Å²) in [6, 6.07) is 7.90. The van der Waals surface area contributed by atoms with Crippen molar-refractivity contribution in [2.24, 2.45) is 0 Å². The maximum Gasteiger partial charge on any atom is 0.120 e. The van der Waals surface area contributed by atoms with Crippen LogP contribution in [0.5, 0.6) is 5.75 Å². The van der Waals surface area contributed by atoms with Crippen molar-refractivity contribution in [3.8, 4) is 5.75 Å². The van der Waals surface area contributed by atoms with Crippen LogP contribution < -0.4 is 10.1 Å². The first-order chi connectivity index (χ1) is 8.83. The molecule has 1 rings (SSSR count). The molecular formula is C14H22BrNO2. The SMILES string of the molecule is CCOCCCCNCCOc1cccc(Br)c1. The average molecular weight is 316 g/mol. The molecule has 0 amide bonds. The Labute approximate surface area is 118 Å². The van der Waals surface area contributed by atoms with Gasteiger partial charge in [-0.1, -0.05) is 22.0 Å². The average Bonchev–Trinajstić information content (AvgIpc) is 2.37. The van der Waals surface area contributed by atoms with Gasteiger partial charge in [-0.3, -0.25) is 0 Å². The first-order valence-electron chi connectivity index (χ1n) is 6.49. The lowest BCUT2D eigenvalue weighted by atomic mass is 10.3. The Morgan fingerprint density at radius 3 is 2.83 bits per heavy atom. The van der Waals surface area contributed by atoms with Gasteiger partial charge in [0.25, 0.3) is 0 Å². The molecule has 1 N–H and O–H groups in total. The molecule has 1 aromatic carbocycles. The summed E-state index contributed by atoms with van der Waals surface area (Å²) >= 11 is 3.42. The number of unbranched alkanes of at least 4 members (excludes halogenated alkanes) is 1. The van der Waals surface area contributed by atoms with E-state index in [9.17, 15) is 0 Å². The van der Waals surface area contributed by atoms with Crippen LogP contribution in [0.4, 0.5) is 0 Å². The molecule has 0 aliphatic heterocycles. The molecular weight excluding hydrogens is 294 g/mol. The maximum absolute atomic E-state index is 5.61. The minimum absolute atomic E-state index is 0.696. The Morgan fingerprint density at radius 1 is 1.17 bits per heavy atom. The van der Waals surface area contributed by atoms with E-state index in [1.807, 2.05) is 31.2 Å². The largest absolute Gasteiger partial charge is 0.492 e. The molecule has 102 valence electrons. The molecule has 0 atom stereocenters. The number of nitrogens with one attached hydrogen (secondary N) is 1. The van der Waals surface area contributed by atoms with E-state index in [0.717, 1.165) is 49.4 Å². The van der Waals surface area contributed by atoms with E-state index in [1.54, 1.807) is 0 Å². The summed E-state index contributed by atoms with van der Waals surface area (Å²) in [5, 5.41) is 3.35. The molecule has 0 spiro atoms. The fourth-order valence-electron chi connectivity index (χ4n) is 1.52. The second kappa shape index (κ2) is 10.4. The van der Waals surface area contributed by atoms with Crippen molar-refractivity contribution in [2.75, 3.05) is 32.9 Å². The third-order valence-corrected chi connectivity index (χ3v) is 2.93. The van der Waals surface area contributed by atoms with Gasteiger partial charge in [0.1, 0.15) is 12.4 Å². The highest BCUT2D eigenvalue weighted by molar-refractivity contribution is 9.10. The molecule has 0 unspecified atom stereocenters. The van der Waals surface area contributed by atoms with Gasteiger partial charge >= 0.3 is 0 Å². The second-order valence-corrected chi connectivity index (χ2v) is 4.88. The minimum atomic E-state index is 0.696. The molecule has 0 heterocycles. The first kappa shape index (κ1) is 15.5. The molecule has 0 aromatic heterocycles. The van der Waals surface area contributed by atoms with Crippen molar-refractivity contribution >= 4 is 15.9 Å². The summed E-state index contributed by atoms with van der Waals surface area (Å²) in [5.74, 6) is 0.905. The van der Waals surface area contributed by atoms with E-state index in [1.165, 1.54) is 0 Å². The molecule has 0 aliphatic carbocycles. The monoisotopic (exact) mass is 315 g/mol. The Bertz CT molecular complexity index is 320. The van der Waals surface area contributed by atoms with E-state index >= 15 is 0 Å². The van der Waals surface area contributed by atoms with Crippen molar-refractivity contribution in [3.05, 3.63) is 28.7 Å². The van der Waals surface area contributed by atoms with Crippen molar-refractivity contribution in [1.82, 2.24) is 5.32 Å². The van der Waals surface area contributed by atoms with Crippen LogP contribution in [0, 0.1) is 0 Å². The normalized spacial score (nSPS) is 10.6. The molecule has 18 heavy (non-hydrogen) atoms. The zero-order valence-corrected chi connectivity index (χ0v) is 12.5. The van der Waals surface area contributed by atoms with Crippen molar-refractivity contribution < 1.29 is 9.47 Å². The van der Waals surface area contributed by atoms with Crippen LogP contribution in [0.1, 0.15) is 19.8 Å². The van der Waals surface area contributed by atoms with Crippen molar-refractivity contribution in [2.45, 2.75) is 19.8 Å². The van der Waals surface area contributed by atoms with Gasteiger partial charge in [0.05, 0.1) is 0 Å². The molecule has 0 fully saturated rings. The van der Waals surface area contributed by atoms with Crippen molar-refractivity contribution in [3.63, 3.8) is 0 Å². The van der Waals surface area contributed by atoms with Crippen LogP contribution in [0.25, 0.3) is 0 Å². The molecule has 0 saturated heterocycles. The van der Waals surface area contributed by atoms with Gasteiger partial charge in [-0.05, 0) is 44.5 Å².